The lowest BCUT2D eigenvalue weighted by atomic mass is 10.0. The largest absolute Gasteiger partial charge is 0.306 e. The Bertz CT molecular complexity index is 714. The van der Waals surface area contributed by atoms with E-state index in [0.29, 0.717) is 12.8 Å². The van der Waals surface area contributed by atoms with E-state index >= 15 is 0 Å². The summed E-state index contributed by atoms with van der Waals surface area (Å²) >= 11 is 0. The van der Waals surface area contributed by atoms with E-state index in [2.05, 4.69) is 26.0 Å². The summed E-state index contributed by atoms with van der Waals surface area (Å²) in [5, 5.41) is 0. The smallest absolute Gasteiger partial charge is 0.270 e. The minimum Gasteiger partial charge on any atom is -0.306 e. The third-order valence-corrected chi connectivity index (χ3v) is 8.31. The van der Waals surface area contributed by atoms with E-state index < -0.39 is 23.4 Å². The van der Waals surface area contributed by atoms with Gasteiger partial charge in [-0.1, -0.05) is 154 Å². The molecule has 3 amide bonds. The Morgan fingerprint density at radius 1 is 0.488 bits per heavy atom. The molecule has 0 heterocycles. The Hall–Kier alpha value is -1.53. The quantitative estimate of drug-likeness (QED) is 0.0481. The van der Waals surface area contributed by atoms with Crippen molar-refractivity contribution >= 4 is 17.7 Å². The fourth-order valence-electron chi connectivity index (χ4n) is 5.47. The van der Waals surface area contributed by atoms with E-state index in [0.717, 1.165) is 49.8 Å². The normalized spacial score (nSPS) is 11.8. The molecule has 0 aliphatic rings. The average molecular weight is 606 g/mol. The standard InChI is InChI=1S/C37H71N3O3/c1-4-6-8-10-12-14-16-18-19-21-23-25-27-29-31-33-35(42)40(36(43)37(3,38)39)34(41)32-30-28-26-24-22-20-17-15-13-11-9-7-5-2/h18-19H,4-17,20-33,38-39H2,1-3H3/b19-18-. The SMILES string of the molecule is CCCCCCCC/C=C\CCCCCCCC(=O)N(C(=O)CCCCCCCCCCCCCCC)C(=O)C(C)(N)N. The predicted molar refractivity (Wildman–Crippen MR) is 183 cm³/mol. The molecule has 0 saturated heterocycles. The molecule has 6 heteroatoms. The highest BCUT2D eigenvalue weighted by Crippen LogP contribution is 2.16. The molecule has 0 spiro atoms. The molecule has 0 bridgehead atoms. The molecule has 0 radical (unpaired) electrons. The number of hydrogen-bond acceptors (Lipinski definition) is 5. The van der Waals surface area contributed by atoms with Crippen molar-refractivity contribution < 1.29 is 14.4 Å². The molecule has 6 nitrogen and oxygen atoms in total. The van der Waals surface area contributed by atoms with E-state index in [4.69, 9.17) is 11.5 Å². The van der Waals surface area contributed by atoms with Gasteiger partial charge in [0, 0.05) is 12.8 Å². The lowest BCUT2D eigenvalue weighted by Gasteiger charge is -2.26. The van der Waals surface area contributed by atoms with Gasteiger partial charge in [0.2, 0.25) is 11.8 Å². The number of nitrogens with two attached hydrogens (primary N) is 2. The van der Waals surface area contributed by atoms with Crippen molar-refractivity contribution in [2.75, 3.05) is 0 Å². The summed E-state index contributed by atoms with van der Waals surface area (Å²) in [5.41, 5.74) is 9.84. The maximum absolute atomic E-state index is 12.9. The van der Waals surface area contributed by atoms with Crippen molar-refractivity contribution in [3.05, 3.63) is 12.2 Å². The van der Waals surface area contributed by atoms with Crippen molar-refractivity contribution in [3.63, 3.8) is 0 Å². The van der Waals surface area contributed by atoms with Gasteiger partial charge in [-0.05, 0) is 45.4 Å². The lowest BCUT2D eigenvalue weighted by Crippen LogP contribution is -2.62. The minimum absolute atomic E-state index is 0.171. The molecule has 0 aromatic rings. The fourth-order valence-corrected chi connectivity index (χ4v) is 5.47. The molecular weight excluding hydrogens is 534 g/mol. The van der Waals surface area contributed by atoms with Crippen molar-refractivity contribution in [2.24, 2.45) is 11.5 Å². The van der Waals surface area contributed by atoms with E-state index in [1.165, 1.54) is 116 Å². The van der Waals surface area contributed by atoms with Crippen LogP contribution in [0, 0.1) is 0 Å². The topological polar surface area (TPSA) is 106 Å². The first-order valence-electron chi connectivity index (χ1n) is 18.4. The Balaban J connectivity index is 4.10. The van der Waals surface area contributed by atoms with Gasteiger partial charge in [-0.3, -0.25) is 14.4 Å². The average Bonchev–Trinajstić information content (AvgIpc) is 2.97. The first-order chi connectivity index (χ1) is 20.8. The Morgan fingerprint density at radius 3 is 1.07 bits per heavy atom. The molecule has 0 saturated carbocycles. The predicted octanol–water partition coefficient (Wildman–Crippen LogP) is 10.0. The molecular formula is C37H71N3O3. The van der Waals surface area contributed by atoms with Gasteiger partial charge in [0.15, 0.2) is 0 Å². The third-order valence-electron chi connectivity index (χ3n) is 8.31. The molecule has 0 unspecified atom stereocenters. The number of allylic oxidation sites excluding steroid dienone is 2. The Labute approximate surface area is 266 Å². The van der Waals surface area contributed by atoms with Crippen molar-refractivity contribution in [3.8, 4) is 0 Å². The summed E-state index contributed by atoms with van der Waals surface area (Å²) in [4.78, 5) is 39.3. The van der Waals surface area contributed by atoms with Gasteiger partial charge in [0.05, 0.1) is 0 Å². The summed E-state index contributed by atoms with van der Waals surface area (Å²) in [6.07, 6.45) is 36.0. The van der Waals surface area contributed by atoms with Crippen LogP contribution >= 0.6 is 0 Å². The number of carbonyl (C=O) groups excluding carboxylic acids is 3. The van der Waals surface area contributed by atoms with Crippen molar-refractivity contribution in [1.82, 2.24) is 4.90 Å². The van der Waals surface area contributed by atoms with Crippen molar-refractivity contribution in [1.29, 1.82) is 0 Å². The van der Waals surface area contributed by atoms with Crippen LogP contribution in [0.3, 0.4) is 0 Å². The summed E-state index contributed by atoms with van der Waals surface area (Å²) in [6, 6.07) is 0. The second-order valence-electron chi connectivity index (χ2n) is 13.0. The molecule has 0 atom stereocenters. The first-order valence-corrected chi connectivity index (χ1v) is 18.4. The highest BCUT2D eigenvalue weighted by atomic mass is 16.2. The number of rotatable bonds is 30. The number of hydrogen-bond donors (Lipinski definition) is 2. The zero-order valence-corrected chi connectivity index (χ0v) is 28.8. The zero-order chi connectivity index (χ0) is 32.0. The van der Waals surface area contributed by atoms with Crippen LogP contribution in [-0.4, -0.2) is 28.3 Å². The summed E-state index contributed by atoms with van der Waals surface area (Å²) in [6.45, 7) is 5.85. The third kappa shape index (κ3) is 25.5. The summed E-state index contributed by atoms with van der Waals surface area (Å²) < 4.78 is 0. The van der Waals surface area contributed by atoms with Gasteiger partial charge in [0.25, 0.3) is 5.91 Å². The van der Waals surface area contributed by atoms with Gasteiger partial charge < -0.3 is 11.5 Å². The second kappa shape index (κ2) is 29.2. The zero-order valence-electron chi connectivity index (χ0n) is 28.8. The lowest BCUT2D eigenvalue weighted by molar-refractivity contribution is -0.156. The van der Waals surface area contributed by atoms with Crippen LogP contribution in [0.4, 0.5) is 0 Å². The van der Waals surface area contributed by atoms with Crippen molar-refractivity contribution in [2.45, 2.75) is 206 Å². The monoisotopic (exact) mass is 606 g/mol. The van der Waals surface area contributed by atoms with Gasteiger partial charge in [-0.25, -0.2) is 4.90 Å². The van der Waals surface area contributed by atoms with E-state index in [1.807, 2.05) is 0 Å². The van der Waals surface area contributed by atoms with Crippen LogP contribution < -0.4 is 11.5 Å². The maximum atomic E-state index is 12.9. The molecule has 4 N–H and O–H groups in total. The molecule has 43 heavy (non-hydrogen) atoms. The molecule has 0 aliphatic heterocycles. The number of imide groups is 3. The highest BCUT2D eigenvalue weighted by Gasteiger charge is 2.36. The highest BCUT2D eigenvalue weighted by molar-refractivity contribution is 6.13. The van der Waals surface area contributed by atoms with Gasteiger partial charge in [0.1, 0.15) is 5.66 Å². The van der Waals surface area contributed by atoms with E-state index in [-0.39, 0.29) is 12.8 Å². The van der Waals surface area contributed by atoms with E-state index in [9.17, 15) is 14.4 Å². The van der Waals surface area contributed by atoms with Crippen LogP contribution in [0.25, 0.3) is 0 Å². The molecule has 0 rings (SSSR count). The van der Waals surface area contributed by atoms with Crippen LogP contribution in [0.5, 0.6) is 0 Å². The van der Waals surface area contributed by atoms with Crippen LogP contribution in [0.2, 0.25) is 0 Å². The number of nitrogens with zero attached hydrogens (tertiary/aromatic N) is 1. The van der Waals surface area contributed by atoms with Crippen LogP contribution in [-0.2, 0) is 14.4 Å². The van der Waals surface area contributed by atoms with Crippen LogP contribution in [0.1, 0.15) is 201 Å². The van der Waals surface area contributed by atoms with Gasteiger partial charge >= 0.3 is 0 Å². The second-order valence-corrected chi connectivity index (χ2v) is 13.0. The summed E-state index contributed by atoms with van der Waals surface area (Å²) in [7, 11) is 0. The molecule has 0 aliphatic carbocycles. The Morgan fingerprint density at radius 2 is 0.767 bits per heavy atom. The maximum Gasteiger partial charge on any atom is 0.270 e. The number of unbranched alkanes of at least 4 members (excludes halogenated alkanes) is 23. The minimum atomic E-state index is -1.75. The Kier molecular flexibility index (Phi) is 28.2. The molecule has 252 valence electrons. The van der Waals surface area contributed by atoms with Crippen LogP contribution in [0.15, 0.2) is 12.2 Å². The fraction of sp³-hybridized carbons (Fsp3) is 0.865. The number of carbonyl (C=O) groups is 3. The molecule has 0 aromatic carbocycles. The number of amides is 3. The van der Waals surface area contributed by atoms with Gasteiger partial charge in [-0.2, -0.15) is 0 Å². The van der Waals surface area contributed by atoms with E-state index in [1.54, 1.807) is 0 Å². The first kappa shape index (κ1) is 41.5. The summed E-state index contributed by atoms with van der Waals surface area (Å²) in [5.74, 6) is -1.73. The molecule has 0 aromatic heterocycles. The van der Waals surface area contributed by atoms with Gasteiger partial charge in [-0.15, -0.1) is 0 Å². The molecule has 0 fully saturated rings.